The molecule has 0 bridgehead atoms. The number of hydrogen-bond donors (Lipinski definition) is 1. The molecule has 10 heteroatoms. The third-order valence-corrected chi connectivity index (χ3v) is 8.53. The second kappa shape index (κ2) is 12.8. The maximum atomic E-state index is 12.4. The van der Waals surface area contributed by atoms with Gasteiger partial charge in [0.15, 0.2) is 0 Å². The number of nitrogens with one attached hydrogen (secondary N) is 1. The molecule has 1 atom stereocenters. The highest BCUT2D eigenvalue weighted by molar-refractivity contribution is 8.77. The van der Waals surface area contributed by atoms with E-state index < -0.39 is 17.4 Å². The first-order chi connectivity index (χ1) is 15.2. The summed E-state index contributed by atoms with van der Waals surface area (Å²) >= 11 is 0. The molecule has 8 nitrogen and oxygen atoms in total. The molecule has 0 aromatic carbocycles. The van der Waals surface area contributed by atoms with Gasteiger partial charge in [-0.05, 0) is 53.9 Å². The van der Waals surface area contributed by atoms with Gasteiger partial charge in [0.25, 0.3) is 11.8 Å². The lowest BCUT2D eigenvalue weighted by molar-refractivity contribution is -0.142. The van der Waals surface area contributed by atoms with Crippen LogP contribution in [-0.4, -0.2) is 70.0 Å². The zero-order chi connectivity index (χ0) is 25.3. The predicted octanol–water partition coefficient (Wildman–Crippen LogP) is 3.49. The summed E-state index contributed by atoms with van der Waals surface area (Å²) in [5.74, 6) is -0.690. The van der Waals surface area contributed by atoms with Gasteiger partial charge in [-0.1, -0.05) is 28.5 Å². The second-order valence-corrected chi connectivity index (χ2v) is 12.7. The van der Waals surface area contributed by atoms with E-state index in [2.05, 4.69) is 5.32 Å². The molecule has 3 amide bonds. The summed E-state index contributed by atoms with van der Waals surface area (Å²) in [5.41, 5.74) is -0.829. The monoisotopic (exact) mass is 502 g/mol. The molecular formula is C23H38N2O6S2. The van der Waals surface area contributed by atoms with Crippen molar-refractivity contribution in [2.75, 3.05) is 25.5 Å². The number of carbonyl (C=O) groups excluding carboxylic acids is 4. The van der Waals surface area contributed by atoms with E-state index in [-0.39, 0.29) is 28.8 Å². The van der Waals surface area contributed by atoms with Gasteiger partial charge in [0, 0.05) is 37.0 Å². The molecule has 0 spiro atoms. The topological polar surface area (TPSA) is 102 Å². The standard InChI is InChI=1S/C23H38N2O6S2/c1-8-23(7,24-18(27)15-25-19(28)9-10-20(25)29)11-13-31-21(3,4)12-14-32-33-22(5,6)16-30-17(2)26/h9-10H,8,11-16H2,1-7H3,(H,24,27). The average Bonchev–Trinajstić information content (AvgIpc) is 3.01. The molecule has 0 saturated carbocycles. The minimum absolute atomic E-state index is 0.164. The third kappa shape index (κ3) is 11.4. The summed E-state index contributed by atoms with van der Waals surface area (Å²) in [5, 5.41) is 2.95. The molecule has 1 aliphatic heterocycles. The normalized spacial score (nSPS) is 16.2. The van der Waals surface area contributed by atoms with Crippen LogP contribution < -0.4 is 5.32 Å². The number of amides is 3. The van der Waals surface area contributed by atoms with Crippen molar-refractivity contribution in [2.24, 2.45) is 0 Å². The molecule has 1 N–H and O–H groups in total. The van der Waals surface area contributed by atoms with Crippen LogP contribution in [0.1, 0.15) is 67.7 Å². The van der Waals surface area contributed by atoms with Gasteiger partial charge in [0.05, 0.1) is 10.3 Å². The fraction of sp³-hybridized carbons (Fsp3) is 0.739. The summed E-state index contributed by atoms with van der Waals surface area (Å²) < 4.78 is 11.1. The van der Waals surface area contributed by atoms with Gasteiger partial charge >= 0.3 is 5.97 Å². The zero-order valence-corrected chi connectivity index (χ0v) is 22.5. The maximum Gasteiger partial charge on any atom is 0.302 e. The largest absolute Gasteiger partial charge is 0.464 e. The molecule has 0 fully saturated rings. The molecule has 0 aromatic heterocycles. The molecule has 1 aliphatic rings. The summed E-state index contributed by atoms with van der Waals surface area (Å²) in [4.78, 5) is 47.6. The van der Waals surface area contributed by atoms with Crippen LogP contribution in [0, 0.1) is 0 Å². The Labute approximate surface area is 205 Å². The van der Waals surface area contributed by atoms with Gasteiger partial charge in [0.1, 0.15) is 13.2 Å². The van der Waals surface area contributed by atoms with Gasteiger partial charge < -0.3 is 14.8 Å². The van der Waals surface area contributed by atoms with Crippen molar-refractivity contribution >= 4 is 45.3 Å². The lowest BCUT2D eigenvalue weighted by Gasteiger charge is -2.33. The molecule has 188 valence electrons. The first-order valence-electron chi connectivity index (χ1n) is 11.1. The van der Waals surface area contributed by atoms with Crippen molar-refractivity contribution in [3.8, 4) is 0 Å². The highest BCUT2D eigenvalue weighted by atomic mass is 33.1. The Morgan fingerprint density at radius 1 is 1.06 bits per heavy atom. The van der Waals surface area contributed by atoms with E-state index in [9.17, 15) is 19.2 Å². The minimum Gasteiger partial charge on any atom is -0.464 e. The molecule has 0 saturated heterocycles. The molecule has 0 aliphatic carbocycles. The van der Waals surface area contributed by atoms with Crippen LogP contribution in [0.2, 0.25) is 0 Å². The van der Waals surface area contributed by atoms with Crippen LogP contribution in [0.25, 0.3) is 0 Å². The number of imide groups is 1. The molecule has 1 unspecified atom stereocenters. The third-order valence-electron chi connectivity index (χ3n) is 5.27. The van der Waals surface area contributed by atoms with Crippen molar-refractivity contribution in [1.82, 2.24) is 10.2 Å². The van der Waals surface area contributed by atoms with Crippen molar-refractivity contribution in [3.63, 3.8) is 0 Å². The van der Waals surface area contributed by atoms with Crippen molar-refractivity contribution < 1.29 is 28.7 Å². The van der Waals surface area contributed by atoms with E-state index in [0.717, 1.165) is 17.1 Å². The van der Waals surface area contributed by atoms with Gasteiger partial charge in [-0.15, -0.1) is 0 Å². The molecule has 1 heterocycles. The lowest BCUT2D eigenvalue weighted by Crippen LogP contribution is -2.51. The highest BCUT2D eigenvalue weighted by Gasteiger charge is 2.30. The van der Waals surface area contributed by atoms with Crippen LogP contribution in [0.15, 0.2) is 12.2 Å². The van der Waals surface area contributed by atoms with Gasteiger partial charge in [0.2, 0.25) is 5.91 Å². The number of carbonyl (C=O) groups is 4. The maximum absolute atomic E-state index is 12.4. The molecule has 0 radical (unpaired) electrons. The van der Waals surface area contributed by atoms with E-state index in [1.165, 1.54) is 19.1 Å². The molecule has 33 heavy (non-hydrogen) atoms. The Kier molecular flexibility index (Phi) is 11.5. The summed E-state index contributed by atoms with van der Waals surface area (Å²) in [6.45, 7) is 14.1. The van der Waals surface area contributed by atoms with E-state index in [1.54, 1.807) is 21.6 Å². The number of hydrogen-bond acceptors (Lipinski definition) is 8. The molecular weight excluding hydrogens is 464 g/mol. The Morgan fingerprint density at radius 3 is 2.21 bits per heavy atom. The first kappa shape index (κ1) is 29.5. The highest BCUT2D eigenvalue weighted by Crippen LogP contribution is 2.37. The number of nitrogens with zero attached hydrogens (tertiary/aromatic N) is 1. The van der Waals surface area contributed by atoms with Crippen LogP contribution in [0.4, 0.5) is 0 Å². The molecule has 0 aromatic rings. The zero-order valence-electron chi connectivity index (χ0n) is 20.8. The van der Waals surface area contributed by atoms with Gasteiger partial charge in [-0.25, -0.2) is 0 Å². The summed E-state index contributed by atoms with van der Waals surface area (Å²) in [6, 6.07) is 0. The Balaban J connectivity index is 2.38. The van der Waals surface area contributed by atoms with E-state index in [1.807, 2.05) is 41.5 Å². The second-order valence-electron chi connectivity index (χ2n) is 9.61. The fourth-order valence-electron chi connectivity index (χ4n) is 2.85. The number of esters is 1. The number of ether oxygens (including phenoxy) is 2. The van der Waals surface area contributed by atoms with Gasteiger partial charge in [-0.2, -0.15) is 0 Å². The Hall–Kier alpha value is -1.52. The first-order valence-corrected chi connectivity index (χ1v) is 13.4. The van der Waals surface area contributed by atoms with E-state index in [0.29, 0.717) is 26.1 Å². The van der Waals surface area contributed by atoms with Crippen molar-refractivity contribution in [1.29, 1.82) is 0 Å². The minimum atomic E-state index is -0.502. The van der Waals surface area contributed by atoms with Crippen LogP contribution in [0.3, 0.4) is 0 Å². The van der Waals surface area contributed by atoms with Crippen LogP contribution in [-0.2, 0) is 28.7 Å². The SMILES string of the molecule is CCC(C)(CCOC(C)(C)CCSSC(C)(C)COC(C)=O)NC(=O)CN1C(=O)C=CC1=O. The van der Waals surface area contributed by atoms with Crippen molar-refractivity contribution in [3.05, 3.63) is 12.2 Å². The number of rotatable bonds is 15. The van der Waals surface area contributed by atoms with E-state index >= 15 is 0 Å². The average molecular weight is 503 g/mol. The quantitative estimate of drug-likeness (QED) is 0.157. The fourth-order valence-corrected chi connectivity index (χ4v) is 5.53. The Morgan fingerprint density at radius 2 is 1.67 bits per heavy atom. The Bertz CT molecular complexity index is 735. The van der Waals surface area contributed by atoms with Gasteiger partial charge in [-0.3, -0.25) is 24.1 Å². The van der Waals surface area contributed by atoms with E-state index in [4.69, 9.17) is 9.47 Å². The van der Waals surface area contributed by atoms with Crippen LogP contribution >= 0.6 is 21.6 Å². The van der Waals surface area contributed by atoms with Crippen LogP contribution in [0.5, 0.6) is 0 Å². The molecule has 1 rings (SSSR count). The summed E-state index contributed by atoms with van der Waals surface area (Å²) in [6.07, 6.45) is 4.48. The smallest absolute Gasteiger partial charge is 0.302 e. The van der Waals surface area contributed by atoms with Crippen molar-refractivity contribution in [2.45, 2.75) is 83.6 Å². The predicted molar refractivity (Wildman–Crippen MR) is 133 cm³/mol. The summed E-state index contributed by atoms with van der Waals surface area (Å²) in [7, 11) is 3.42. The lowest BCUT2D eigenvalue weighted by atomic mass is 9.94.